The van der Waals surface area contributed by atoms with Crippen LogP contribution in [0.2, 0.25) is 0 Å². The molecule has 0 unspecified atom stereocenters. The second-order valence-corrected chi connectivity index (χ2v) is 4.98. The van der Waals surface area contributed by atoms with E-state index in [0.29, 0.717) is 0 Å². The van der Waals surface area contributed by atoms with Crippen LogP contribution in [0.1, 0.15) is 20.8 Å². The number of aldehydes is 1. The van der Waals surface area contributed by atoms with Crippen LogP contribution in [0.5, 0.6) is 0 Å². The van der Waals surface area contributed by atoms with Crippen molar-refractivity contribution in [1.29, 1.82) is 0 Å². The molecule has 0 aromatic carbocycles. The van der Waals surface area contributed by atoms with Crippen molar-refractivity contribution in [3.05, 3.63) is 21.4 Å². The summed E-state index contributed by atoms with van der Waals surface area (Å²) in [5.74, 6) is 0. The van der Waals surface area contributed by atoms with Crippen molar-refractivity contribution in [2.75, 3.05) is 0 Å². The summed E-state index contributed by atoms with van der Waals surface area (Å²) >= 11 is 3.32. The Morgan fingerprint density at radius 3 is 2.75 bits per heavy atom. The molecular weight excluding hydrogens is 188 g/mol. The molecule has 0 amide bonds. The van der Waals surface area contributed by atoms with Crippen LogP contribution in [0.15, 0.2) is 5.38 Å². The molecule has 0 spiro atoms. The highest BCUT2D eigenvalue weighted by Gasteiger charge is 2.10. The second-order valence-electron chi connectivity index (χ2n) is 2.79. The molecule has 0 aliphatic carbocycles. The van der Waals surface area contributed by atoms with Crippen LogP contribution in [0.3, 0.4) is 0 Å². The molecule has 0 radical (unpaired) electrons. The predicted octanol–water partition coefficient (Wildman–Crippen LogP) is 3.39. The minimum Gasteiger partial charge on any atom is -0.297 e. The summed E-state index contributed by atoms with van der Waals surface area (Å²) in [6, 6.07) is 0. The molecule has 0 bridgehead atoms. The van der Waals surface area contributed by atoms with Crippen molar-refractivity contribution < 1.29 is 4.79 Å². The van der Waals surface area contributed by atoms with Gasteiger partial charge in [-0.1, -0.05) is 0 Å². The van der Waals surface area contributed by atoms with Crippen LogP contribution >= 0.6 is 22.7 Å². The number of carbonyl (C=O) groups excluding carboxylic acids is 1. The summed E-state index contributed by atoms with van der Waals surface area (Å²) in [4.78, 5) is 11.5. The van der Waals surface area contributed by atoms with Gasteiger partial charge in [-0.3, -0.25) is 4.79 Å². The van der Waals surface area contributed by atoms with Crippen LogP contribution in [0, 0.1) is 13.8 Å². The van der Waals surface area contributed by atoms with Gasteiger partial charge in [0.15, 0.2) is 6.29 Å². The van der Waals surface area contributed by atoms with Crippen LogP contribution in [0.4, 0.5) is 0 Å². The third-order valence-electron chi connectivity index (χ3n) is 2.00. The van der Waals surface area contributed by atoms with Gasteiger partial charge in [0.1, 0.15) is 0 Å². The van der Waals surface area contributed by atoms with E-state index in [1.807, 2.05) is 6.92 Å². The highest BCUT2D eigenvalue weighted by molar-refractivity contribution is 7.38. The van der Waals surface area contributed by atoms with Crippen molar-refractivity contribution in [2.24, 2.45) is 0 Å². The molecule has 0 N–H and O–H groups in total. The quantitative estimate of drug-likeness (QED) is 0.639. The summed E-state index contributed by atoms with van der Waals surface area (Å²) in [6.07, 6.45) is 0.951. The van der Waals surface area contributed by atoms with E-state index in [0.717, 1.165) is 16.7 Å². The van der Waals surface area contributed by atoms with Gasteiger partial charge in [-0.2, -0.15) is 0 Å². The number of hydrogen-bond acceptors (Lipinski definition) is 3. The minimum atomic E-state index is 0.875. The highest BCUT2D eigenvalue weighted by atomic mass is 32.2. The Hall–Kier alpha value is -0.670. The molecule has 2 aromatic heterocycles. The Morgan fingerprint density at radius 2 is 2.17 bits per heavy atom. The Balaban J connectivity index is 2.89. The fourth-order valence-corrected chi connectivity index (χ4v) is 3.72. The van der Waals surface area contributed by atoms with E-state index in [2.05, 4.69) is 12.3 Å². The highest BCUT2D eigenvalue weighted by Crippen LogP contribution is 2.36. The maximum atomic E-state index is 10.6. The van der Waals surface area contributed by atoms with Gasteiger partial charge in [-0.25, -0.2) is 0 Å². The average molecular weight is 196 g/mol. The van der Waals surface area contributed by atoms with Gasteiger partial charge in [-0.05, 0) is 30.4 Å². The minimum absolute atomic E-state index is 0.875. The van der Waals surface area contributed by atoms with Crippen molar-refractivity contribution in [2.45, 2.75) is 13.8 Å². The van der Waals surface area contributed by atoms with Crippen molar-refractivity contribution >= 4 is 38.4 Å². The zero-order valence-corrected chi connectivity index (χ0v) is 8.51. The van der Waals surface area contributed by atoms with E-state index >= 15 is 0 Å². The zero-order valence-electron chi connectivity index (χ0n) is 6.88. The third-order valence-corrected chi connectivity index (χ3v) is 4.44. The maximum absolute atomic E-state index is 10.6. The molecule has 2 heterocycles. The lowest BCUT2D eigenvalue weighted by Gasteiger charge is -1.88. The first-order valence-electron chi connectivity index (χ1n) is 3.66. The van der Waals surface area contributed by atoms with Crippen LogP contribution in [-0.4, -0.2) is 6.29 Å². The summed E-state index contributed by atoms with van der Waals surface area (Å²) in [5, 5.41) is 3.43. The number of fused-ring (bicyclic) bond motifs is 1. The summed E-state index contributed by atoms with van der Waals surface area (Å²) in [5.41, 5.74) is 2.43. The molecule has 0 aliphatic heterocycles. The third kappa shape index (κ3) is 0.934. The molecule has 62 valence electrons. The van der Waals surface area contributed by atoms with Gasteiger partial charge in [0.05, 0.1) is 8.89 Å². The Labute approximate surface area is 78.7 Å². The van der Waals surface area contributed by atoms with Crippen LogP contribution in [-0.2, 0) is 0 Å². The SMILES string of the molecule is Cc1csc2sc(C=O)c(C)c12. The largest absolute Gasteiger partial charge is 0.297 e. The molecule has 0 fully saturated rings. The summed E-state index contributed by atoms with van der Waals surface area (Å²) in [6.45, 7) is 4.11. The molecule has 0 saturated carbocycles. The number of hydrogen-bond donors (Lipinski definition) is 0. The number of rotatable bonds is 1. The smallest absolute Gasteiger partial charge is 0.160 e. The van der Waals surface area contributed by atoms with E-state index < -0.39 is 0 Å². The molecule has 2 aromatic rings. The zero-order chi connectivity index (χ0) is 8.72. The summed E-state index contributed by atoms with van der Waals surface area (Å²) < 4.78 is 1.27. The summed E-state index contributed by atoms with van der Waals surface area (Å²) in [7, 11) is 0. The van der Waals surface area contributed by atoms with Crippen LogP contribution in [0.25, 0.3) is 9.40 Å². The molecule has 3 heteroatoms. The van der Waals surface area contributed by atoms with Gasteiger partial charge in [-0.15, -0.1) is 22.7 Å². The monoisotopic (exact) mass is 196 g/mol. The van der Waals surface area contributed by atoms with E-state index in [4.69, 9.17) is 0 Å². The first kappa shape index (κ1) is 7.95. The Morgan fingerprint density at radius 1 is 1.42 bits per heavy atom. The molecule has 0 atom stereocenters. The molecular formula is C9H8OS2. The molecule has 12 heavy (non-hydrogen) atoms. The Bertz CT molecular complexity index is 436. The average Bonchev–Trinajstić information content (AvgIpc) is 2.55. The first-order valence-corrected chi connectivity index (χ1v) is 5.36. The van der Waals surface area contributed by atoms with Gasteiger partial charge in [0.2, 0.25) is 0 Å². The van der Waals surface area contributed by atoms with E-state index in [-0.39, 0.29) is 0 Å². The fourth-order valence-electron chi connectivity index (χ4n) is 1.36. The van der Waals surface area contributed by atoms with Crippen molar-refractivity contribution in [1.82, 2.24) is 0 Å². The first-order chi connectivity index (χ1) is 5.74. The lowest BCUT2D eigenvalue weighted by atomic mass is 10.1. The topological polar surface area (TPSA) is 17.1 Å². The normalized spacial score (nSPS) is 10.8. The second kappa shape index (κ2) is 2.68. The van der Waals surface area contributed by atoms with Gasteiger partial charge in [0, 0.05) is 5.39 Å². The number of aryl methyl sites for hydroxylation is 2. The Kier molecular flexibility index (Phi) is 1.77. The molecule has 0 aliphatic rings. The van der Waals surface area contributed by atoms with E-state index in [9.17, 15) is 4.79 Å². The van der Waals surface area contributed by atoms with Crippen LogP contribution < -0.4 is 0 Å². The maximum Gasteiger partial charge on any atom is 0.160 e. The predicted molar refractivity (Wildman–Crippen MR) is 54.6 cm³/mol. The fraction of sp³-hybridized carbons (Fsp3) is 0.222. The lowest BCUT2D eigenvalue weighted by molar-refractivity contribution is 0.112. The van der Waals surface area contributed by atoms with Crippen molar-refractivity contribution in [3.8, 4) is 0 Å². The molecule has 1 nitrogen and oxygen atoms in total. The van der Waals surface area contributed by atoms with E-state index in [1.54, 1.807) is 22.7 Å². The standard InChI is InChI=1S/C9H8OS2/c1-5-4-11-9-8(5)6(2)7(3-10)12-9/h3-4H,1-2H3. The van der Waals surface area contributed by atoms with E-state index in [1.165, 1.54) is 15.0 Å². The molecule has 0 saturated heterocycles. The van der Waals surface area contributed by atoms with Crippen molar-refractivity contribution in [3.63, 3.8) is 0 Å². The lowest BCUT2D eigenvalue weighted by Crippen LogP contribution is -1.76. The number of thiophene rings is 2. The molecule has 2 rings (SSSR count). The van der Waals surface area contributed by atoms with Gasteiger partial charge in [0.25, 0.3) is 0 Å². The van der Waals surface area contributed by atoms with Gasteiger partial charge >= 0.3 is 0 Å². The number of carbonyl (C=O) groups is 1. The van der Waals surface area contributed by atoms with Gasteiger partial charge < -0.3 is 0 Å².